The number of rotatable bonds is 3. The molecule has 0 aliphatic carbocycles. The molecule has 2 aromatic heterocycles. The number of ketones is 1. The van der Waals surface area contributed by atoms with Gasteiger partial charge >= 0.3 is 0 Å². The van der Waals surface area contributed by atoms with Crippen LogP contribution >= 0.6 is 22.6 Å². The highest BCUT2D eigenvalue weighted by atomic mass is 127. The number of hydrogen-bond acceptors (Lipinski definition) is 4. The minimum absolute atomic E-state index is 0.154. The number of carbonyl (C=O) groups excluding carboxylic acids is 1. The number of hydrogen-bond donors (Lipinski definition) is 1. The van der Waals surface area contributed by atoms with Crippen molar-refractivity contribution in [2.75, 3.05) is 39.8 Å². The molecule has 20 heavy (non-hydrogen) atoms. The molecule has 1 aliphatic heterocycles. The number of nitrogens with one attached hydrogen (secondary N) is 1. The van der Waals surface area contributed by atoms with Crippen molar-refractivity contribution >= 4 is 39.4 Å². The van der Waals surface area contributed by atoms with Crippen molar-refractivity contribution in [3.05, 3.63) is 27.6 Å². The van der Waals surface area contributed by atoms with E-state index >= 15 is 0 Å². The molecule has 1 saturated heterocycles. The second kappa shape index (κ2) is 5.79. The Morgan fingerprint density at radius 1 is 1.40 bits per heavy atom. The molecule has 3 heterocycles. The Labute approximate surface area is 131 Å². The van der Waals surface area contributed by atoms with Crippen LogP contribution in [-0.4, -0.2) is 65.3 Å². The number of carbonyl (C=O) groups is 1. The van der Waals surface area contributed by atoms with Gasteiger partial charge in [-0.05, 0) is 35.7 Å². The number of likely N-dealkylation sites (N-methyl/N-ethyl adjacent to an activating group) is 1. The van der Waals surface area contributed by atoms with Crippen LogP contribution in [0.1, 0.15) is 10.4 Å². The fraction of sp³-hybridized carbons (Fsp3) is 0.429. The quantitative estimate of drug-likeness (QED) is 0.645. The van der Waals surface area contributed by atoms with Crippen molar-refractivity contribution in [2.45, 2.75) is 0 Å². The molecule has 0 atom stereocenters. The highest BCUT2D eigenvalue weighted by Crippen LogP contribution is 2.19. The average molecular weight is 384 g/mol. The predicted octanol–water partition coefficient (Wildman–Crippen LogP) is 1.60. The Hall–Kier alpha value is -0.990. The maximum absolute atomic E-state index is 12.4. The third-order valence-corrected chi connectivity index (χ3v) is 4.66. The smallest absolute Gasteiger partial charge is 0.178 e. The maximum Gasteiger partial charge on any atom is 0.178 e. The van der Waals surface area contributed by atoms with Crippen LogP contribution in [-0.2, 0) is 0 Å². The molecule has 106 valence electrons. The molecule has 0 amide bonds. The van der Waals surface area contributed by atoms with Crippen LogP contribution < -0.4 is 0 Å². The molecule has 0 bridgehead atoms. The zero-order valence-corrected chi connectivity index (χ0v) is 13.6. The second-order valence-electron chi connectivity index (χ2n) is 5.26. The number of nitrogens with zero attached hydrogens (tertiary/aromatic N) is 3. The van der Waals surface area contributed by atoms with Gasteiger partial charge in [0.15, 0.2) is 5.78 Å². The maximum atomic E-state index is 12.4. The summed E-state index contributed by atoms with van der Waals surface area (Å²) in [7, 11) is 2.12. The lowest BCUT2D eigenvalue weighted by atomic mass is 10.1. The SMILES string of the molecule is CN1CCN(CC(=O)c2cnc3[nH]cc(I)c3c2)CC1. The van der Waals surface area contributed by atoms with Crippen LogP contribution in [0.25, 0.3) is 11.0 Å². The highest BCUT2D eigenvalue weighted by Gasteiger charge is 2.18. The van der Waals surface area contributed by atoms with Crippen LogP contribution in [0.15, 0.2) is 18.5 Å². The Morgan fingerprint density at radius 2 is 2.15 bits per heavy atom. The van der Waals surface area contributed by atoms with E-state index in [1.807, 2.05) is 12.3 Å². The van der Waals surface area contributed by atoms with E-state index < -0.39 is 0 Å². The molecule has 5 nitrogen and oxygen atoms in total. The van der Waals surface area contributed by atoms with E-state index in [9.17, 15) is 4.79 Å². The standard InChI is InChI=1S/C14H17IN4O/c1-18-2-4-19(5-3-18)9-13(20)10-6-11-12(15)8-17-14(11)16-7-10/h6-8H,2-5,9H2,1H3,(H,16,17). The molecular weight excluding hydrogens is 367 g/mol. The predicted molar refractivity (Wildman–Crippen MR) is 87.1 cm³/mol. The monoisotopic (exact) mass is 384 g/mol. The average Bonchev–Trinajstić information content (AvgIpc) is 2.82. The summed E-state index contributed by atoms with van der Waals surface area (Å²) in [6, 6.07) is 1.94. The van der Waals surface area contributed by atoms with Crippen molar-refractivity contribution in [1.29, 1.82) is 0 Å². The molecule has 6 heteroatoms. The third-order valence-electron chi connectivity index (χ3n) is 3.77. The first-order valence-electron chi connectivity index (χ1n) is 6.70. The van der Waals surface area contributed by atoms with Crippen LogP contribution in [0.3, 0.4) is 0 Å². The van der Waals surface area contributed by atoms with E-state index in [0.717, 1.165) is 40.8 Å². The van der Waals surface area contributed by atoms with Crippen LogP contribution in [0.5, 0.6) is 0 Å². The van der Waals surface area contributed by atoms with Gasteiger partial charge in [0.25, 0.3) is 0 Å². The Bertz CT molecular complexity index is 631. The van der Waals surface area contributed by atoms with Gasteiger partial charge in [-0.15, -0.1) is 0 Å². The van der Waals surface area contributed by atoms with Gasteiger partial charge in [-0.1, -0.05) is 0 Å². The zero-order chi connectivity index (χ0) is 14.1. The topological polar surface area (TPSA) is 52.2 Å². The van der Waals surface area contributed by atoms with Crippen LogP contribution in [0.2, 0.25) is 0 Å². The minimum Gasteiger partial charge on any atom is -0.345 e. The minimum atomic E-state index is 0.154. The molecule has 1 N–H and O–H groups in total. The number of piperazine rings is 1. The number of aromatic nitrogens is 2. The molecule has 0 unspecified atom stereocenters. The van der Waals surface area contributed by atoms with E-state index in [1.54, 1.807) is 6.20 Å². The molecule has 0 saturated carbocycles. The van der Waals surface area contributed by atoms with Crippen LogP contribution in [0, 0.1) is 3.57 Å². The Morgan fingerprint density at radius 3 is 2.90 bits per heavy atom. The molecular formula is C14H17IN4O. The summed E-state index contributed by atoms with van der Waals surface area (Å²) in [5, 5.41) is 1.02. The molecule has 0 radical (unpaired) electrons. The molecule has 0 spiro atoms. The van der Waals surface area contributed by atoms with Gasteiger partial charge in [0.2, 0.25) is 0 Å². The fourth-order valence-electron chi connectivity index (χ4n) is 2.42. The fourth-order valence-corrected chi connectivity index (χ4v) is 2.99. The normalized spacial score (nSPS) is 17.7. The summed E-state index contributed by atoms with van der Waals surface area (Å²) in [4.78, 5) is 24.3. The van der Waals surface area contributed by atoms with Gasteiger partial charge in [0, 0.05) is 53.1 Å². The summed E-state index contributed by atoms with van der Waals surface area (Å²) < 4.78 is 1.10. The van der Waals surface area contributed by atoms with Crippen molar-refractivity contribution in [2.24, 2.45) is 0 Å². The summed E-state index contributed by atoms with van der Waals surface area (Å²) in [5.74, 6) is 0.154. The molecule has 1 aliphatic rings. The van der Waals surface area contributed by atoms with Crippen molar-refractivity contribution in [3.8, 4) is 0 Å². The van der Waals surface area contributed by atoms with Crippen molar-refractivity contribution < 1.29 is 4.79 Å². The summed E-state index contributed by atoms with van der Waals surface area (Å²) in [6.45, 7) is 4.46. The van der Waals surface area contributed by atoms with Gasteiger partial charge < -0.3 is 9.88 Å². The number of Topliss-reactive ketones (excluding diaryl/α,β-unsaturated/α-hetero) is 1. The van der Waals surface area contributed by atoms with Gasteiger partial charge in [0.05, 0.1) is 6.54 Å². The lowest BCUT2D eigenvalue weighted by Gasteiger charge is -2.31. The Kier molecular flexibility index (Phi) is 4.04. The highest BCUT2D eigenvalue weighted by molar-refractivity contribution is 14.1. The number of H-pyrrole nitrogens is 1. The van der Waals surface area contributed by atoms with Gasteiger partial charge in [-0.2, -0.15) is 0 Å². The first-order valence-corrected chi connectivity index (χ1v) is 7.78. The molecule has 1 fully saturated rings. The molecule has 2 aromatic rings. The zero-order valence-electron chi connectivity index (χ0n) is 11.4. The van der Waals surface area contributed by atoms with Gasteiger partial charge in [0.1, 0.15) is 5.65 Å². The second-order valence-corrected chi connectivity index (χ2v) is 6.42. The summed E-state index contributed by atoms with van der Waals surface area (Å²) >= 11 is 2.25. The van der Waals surface area contributed by atoms with Gasteiger partial charge in [-0.25, -0.2) is 4.98 Å². The number of fused-ring (bicyclic) bond motifs is 1. The largest absolute Gasteiger partial charge is 0.345 e. The van der Waals surface area contributed by atoms with Crippen molar-refractivity contribution in [1.82, 2.24) is 19.8 Å². The molecule has 3 rings (SSSR count). The molecule has 0 aromatic carbocycles. The summed E-state index contributed by atoms with van der Waals surface area (Å²) in [6.07, 6.45) is 3.58. The third kappa shape index (κ3) is 2.87. The Balaban J connectivity index is 1.73. The number of pyridine rings is 1. The van der Waals surface area contributed by atoms with Crippen LogP contribution in [0.4, 0.5) is 0 Å². The lowest BCUT2D eigenvalue weighted by Crippen LogP contribution is -2.46. The number of halogens is 1. The van der Waals surface area contributed by atoms with E-state index in [1.165, 1.54) is 0 Å². The first kappa shape index (κ1) is 14.0. The first-order chi connectivity index (χ1) is 9.63. The summed E-state index contributed by atoms with van der Waals surface area (Å²) in [5.41, 5.74) is 1.54. The lowest BCUT2D eigenvalue weighted by molar-refractivity contribution is 0.0876. The van der Waals surface area contributed by atoms with Gasteiger partial charge in [-0.3, -0.25) is 9.69 Å². The van der Waals surface area contributed by atoms with E-state index in [4.69, 9.17) is 0 Å². The van der Waals surface area contributed by atoms with E-state index in [2.05, 4.69) is 49.4 Å². The van der Waals surface area contributed by atoms with E-state index in [-0.39, 0.29) is 5.78 Å². The van der Waals surface area contributed by atoms with Crippen molar-refractivity contribution in [3.63, 3.8) is 0 Å². The van der Waals surface area contributed by atoms with E-state index in [0.29, 0.717) is 12.1 Å². The number of aromatic amines is 1.